The summed E-state index contributed by atoms with van der Waals surface area (Å²) in [6.45, 7) is 4.83. The summed E-state index contributed by atoms with van der Waals surface area (Å²) in [5.74, 6) is -0.181. The fraction of sp³-hybridized carbons (Fsp3) is 0.855. The molecule has 0 saturated carbocycles. The monoisotopic (exact) mass is 1210 g/mol. The average molecular weight is 1210 g/mol. The van der Waals surface area contributed by atoms with Crippen LogP contribution in [0.3, 0.4) is 0 Å². The molecule has 0 saturated heterocycles. The van der Waals surface area contributed by atoms with Crippen molar-refractivity contribution in [2.45, 2.75) is 379 Å². The van der Waals surface area contributed by atoms with E-state index in [-0.39, 0.29) is 19.1 Å². The predicted molar refractivity (Wildman–Crippen MR) is 374 cm³/mol. The van der Waals surface area contributed by atoms with Gasteiger partial charge in [0, 0.05) is 6.42 Å². The second kappa shape index (κ2) is 66.6. The molecule has 8 nitrogen and oxygen atoms in total. The van der Waals surface area contributed by atoms with Gasteiger partial charge in [0.15, 0.2) is 0 Å². The van der Waals surface area contributed by atoms with Crippen LogP contribution in [0.2, 0.25) is 0 Å². The van der Waals surface area contributed by atoms with Crippen LogP contribution in [0, 0.1) is 0 Å². The van der Waals surface area contributed by atoms with Gasteiger partial charge in [-0.05, 0) is 70.6 Å². The molecule has 0 aliphatic heterocycles. The third-order valence-corrected chi connectivity index (χ3v) is 17.9. The second-order valence-corrected chi connectivity index (χ2v) is 28.1. The maximum Gasteiger partial charge on any atom is 0.472 e. The van der Waals surface area contributed by atoms with Gasteiger partial charge in [0.1, 0.15) is 13.2 Å². The van der Waals surface area contributed by atoms with Gasteiger partial charge in [-0.3, -0.25) is 13.8 Å². The highest BCUT2D eigenvalue weighted by atomic mass is 31.2. The number of hydrogen-bond donors (Lipinski definition) is 3. The fourth-order valence-corrected chi connectivity index (χ4v) is 11.9. The van der Waals surface area contributed by atoms with Gasteiger partial charge >= 0.3 is 7.82 Å². The largest absolute Gasteiger partial charge is 0.472 e. The number of aliphatic hydroxyl groups excluding tert-OH is 1. The fourth-order valence-electron chi connectivity index (χ4n) is 11.2. The van der Waals surface area contributed by atoms with Crippen molar-refractivity contribution in [2.75, 3.05) is 40.9 Å². The first-order valence-electron chi connectivity index (χ1n) is 37.2. The number of rotatable bonds is 69. The molecular formula is C76H146N2O6P+. The number of nitrogens with one attached hydrogen (secondary N) is 1. The van der Waals surface area contributed by atoms with E-state index in [1.807, 2.05) is 27.2 Å². The van der Waals surface area contributed by atoms with Crippen LogP contribution < -0.4 is 5.32 Å². The lowest BCUT2D eigenvalue weighted by Crippen LogP contribution is -2.45. The Balaban J connectivity index is 4.05. The van der Waals surface area contributed by atoms with Crippen LogP contribution >= 0.6 is 7.82 Å². The molecule has 0 bridgehead atoms. The Bertz CT molecular complexity index is 1570. The Hall–Kier alpha value is -1.80. The van der Waals surface area contributed by atoms with Crippen molar-refractivity contribution >= 4 is 13.7 Å². The van der Waals surface area contributed by atoms with Gasteiger partial charge in [-0.2, -0.15) is 0 Å². The SMILES string of the molecule is CCCCCCC/C=C\C/C=C\C/C=C\CCCCCCCCCCCCCCCCCCCCC(=O)NC(COP(=O)(O)OCC[N+](C)(C)C)C(O)/C=C/CC/C=C/CCCCCCCCCCCCCCCCCCCCCCCCCC. The van der Waals surface area contributed by atoms with Crippen LogP contribution in [0.15, 0.2) is 60.8 Å². The summed E-state index contributed by atoms with van der Waals surface area (Å²) in [6, 6.07) is -0.866. The van der Waals surface area contributed by atoms with E-state index in [0.29, 0.717) is 17.4 Å². The van der Waals surface area contributed by atoms with Crippen LogP contribution in [0.4, 0.5) is 0 Å². The molecule has 0 fully saturated rings. The molecule has 85 heavy (non-hydrogen) atoms. The molecule has 3 N–H and O–H groups in total. The number of phosphoric ester groups is 1. The molecule has 0 aromatic rings. The first-order valence-corrected chi connectivity index (χ1v) is 38.7. The van der Waals surface area contributed by atoms with Gasteiger partial charge in [-0.25, -0.2) is 4.57 Å². The number of likely N-dealkylation sites (N-methyl/N-ethyl adjacent to an activating group) is 1. The van der Waals surface area contributed by atoms with Gasteiger partial charge in [0.05, 0.1) is 39.9 Å². The molecule has 3 unspecified atom stereocenters. The first kappa shape index (κ1) is 83.2. The van der Waals surface area contributed by atoms with Crippen molar-refractivity contribution in [3.8, 4) is 0 Å². The number of allylic oxidation sites excluding steroid dienone is 9. The smallest absolute Gasteiger partial charge is 0.387 e. The summed E-state index contributed by atoms with van der Waals surface area (Å²) in [5.41, 5.74) is 0. The molecule has 500 valence electrons. The highest BCUT2D eigenvalue weighted by molar-refractivity contribution is 7.47. The second-order valence-electron chi connectivity index (χ2n) is 26.7. The van der Waals surface area contributed by atoms with Crippen LogP contribution in [0.25, 0.3) is 0 Å². The Morgan fingerprint density at radius 3 is 1.02 bits per heavy atom. The highest BCUT2D eigenvalue weighted by Gasteiger charge is 2.28. The van der Waals surface area contributed by atoms with Gasteiger partial charge in [0.25, 0.3) is 0 Å². The minimum Gasteiger partial charge on any atom is -0.387 e. The number of amides is 1. The van der Waals surface area contributed by atoms with E-state index in [1.165, 1.54) is 295 Å². The van der Waals surface area contributed by atoms with E-state index in [0.717, 1.165) is 51.4 Å². The standard InChI is InChI=1S/C76H145N2O6P/c1-6-8-10-12-14-16-18-20-22-24-26-28-30-32-34-36-38-39-40-42-44-46-48-50-52-54-56-58-60-62-64-66-68-70-76(80)77-74(73-84-85(81,82)83-72-71-78(3,4)5)75(79)69-67-65-63-61-59-57-55-53-51-49-47-45-43-41-37-35-33-31-29-27-25-23-21-19-17-15-13-11-9-7-2/h18,20,24,26,30,32,59,61,67,69,74-75,79H,6-17,19,21-23,25,27-29,31,33-58,60,62-66,68,70-73H2,1-5H3,(H-,77,80,81,82)/p+1/b20-18-,26-24-,32-30-,61-59+,69-67+. The molecule has 0 aromatic heterocycles. The maximum absolute atomic E-state index is 13.1. The zero-order valence-electron chi connectivity index (χ0n) is 57.4. The Kier molecular flexibility index (Phi) is 65.2. The van der Waals surface area contributed by atoms with Gasteiger partial charge < -0.3 is 19.8 Å². The highest BCUT2D eigenvalue weighted by Crippen LogP contribution is 2.43. The molecular weight excluding hydrogens is 1070 g/mol. The number of aliphatic hydroxyl groups is 1. The van der Waals surface area contributed by atoms with Crippen molar-refractivity contribution in [1.29, 1.82) is 0 Å². The molecule has 0 aliphatic carbocycles. The third-order valence-electron chi connectivity index (χ3n) is 17.0. The topological polar surface area (TPSA) is 105 Å². The van der Waals surface area contributed by atoms with Crippen molar-refractivity contribution in [1.82, 2.24) is 5.32 Å². The average Bonchev–Trinajstić information content (AvgIpc) is 3.49. The maximum atomic E-state index is 13.1. The lowest BCUT2D eigenvalue weighted by Gasteiger charge is -2.25. The van der Waals surface area contributed by atoms with E-state index in [1.54, 1.807) is 6.08 Å². The molecule has 0 spiro atoms. The lowest BCUT2D eigenvalue weighted by atomic mass is 10.0. The lowest BCUT2D eigenvalue weighted by molar-refractivity contribution is -0.870. The molecule has 9 heteroatoms. The Morgan fingerprint density at radius 1 is 0.400 bits per heavy atom. The van der Waals surface area contributed by atoms with E-state index in [4.69, 9.17) is 9.05 Å². The van der Waals surface area contributed by atoms with Crippen molar-refractivity contribution in [2.24, 2.45) is 0 Å². The van der Waals surface area contributed by atoms with Gasteiger partial charge in [0.2, 0.25) is 5.91 Å². The normalized spacial score (nSPS) is 13.9. The quantitative estimate of drug-likeness (QED) is 0.0243. The zero-order valence-corrected chi connectivity index (χ0v) is 58.3. The summed E-state index contributed by atoms with van der Waals surface area (Å²) in [4.78, 5) is 23.4. The van der Waals surface area contributed by atoms with Crippen molar-refractivity contribution in [3.63, 3.8) is 0 Å². The van der Waals surface area contributed by atoms with Crippen molar-refractivity contribution < 1.29 is 32.9 Å². The number of hydrogen-bond acceptors (Lipinski definition) is 5. The number of carbonyl (C=O) groups excluding carboxylic acids is 1. The molecule has 0 radical (unpaired) electrons. The number of phosphoric acid groups is 1. The summed E-state index contributed by atoms with van der Waals surface area (Å²) in [7, 11) is 1.57. The van der Waals surface area contributed by atoms with Gasteiger partial charge in [-0.1, -0.05) is 351 Å². The minimum atomic E-state index is -4.36. The number of carbonyl (C=O) groups is 1. The minimum absolute atomic E-state index is 0.0563. The zero-order chi connectivity index (χ0) is 61.9. The summed E-state index contributed by atoms with van der Waals surface area (Å²) >= 11 is 0. The summed E-state index contributed by atoms with van der Waals surface area (Å²) < 4.78 is 23.8. The molecule has 1 amide bonds. The van der Waals surface area contributed by atoms with E-state index in [2.05, 4.69) is 67.8 Å². The summed E-state index contributed by atoms with van der Waals surface area (Å²) in [6.07, 6.45) is 92.5. The number of nitrogens with zero attached hydrogens (tertiary/aromatic N) is 1. The van der Waals surface area contributed by atoms with E-state index in [9.17, 15) is 19.4 Å². The van der Waals surface area contributed by atoms with E-state index >= 15 is 0 Å². The van der Waals surface area contributed by atoms with Crippen LogP contribution in [0.5, 0.6) is 0 Å². The Morgan fingerprint density at radius 2 is 0.682 bits per heavy atom. The molecule has 0 heterocycles. The number of quaternary nitrogens is 1. The van der Waals surface area contributed by atoms with Crippen LogP contribution in [-0.4, -0.2) is 73.4 Å². The van der Waals surface area contributed by atoms with Gasteiger partial charge in [-0.15, -0.1) is 0 Å². The third kappa shape index (κ3) is 69.5. The predicted octanol–water partition coefficient (Wildman–Crippen LogP) is 23.9. The molecule has 0 aromatic carbocycles. The molecule has 0 aliphatic rings. The molecule has 0 rings (SSSR count). The van der Waals surface area contributed by atoms with Crippen molar-refractivity contribution in [3.05, 3.63) is 60.8 Å². The van der Waals surface area contributed by atoms with Crippen LogP contribution in [0.1, 0.15) is 367 Å². The molecule has 3 atom stereocenters. The summed E-state index contributed by atoms with van der Waals surface area (Å²) in [5, 5.41) is 14.0. The Labute approximate surface area is 530 Å². The number of unbranched alkanes of at least 4 members (excludes halogenated alkanes) is 48. The first-order chi connectivity index (χ1) is 41.5. The van der Waals surface area contributed by atoms with Crippen LogP contribution in [-0.2, 0) is 18.4 Å². The van der Waals surface area contributed by atoms with E-state index < -0.39 is 20.0 Å².